The topological polar surface area (TPSA) is 84.9 Å². The van der Waals surface area contributed by atoms with E-state index >= 15 is 0 Å². The molecule has 0 unspecified atom stereocenters. The third-order valence-electron chi connectivity index (χ3n) is 2.32. The van der Waals surface area contributed by atoms with E-state index in [1.54, 1.807) is 18.2 Å². The van der Waals surface area contributed by atoms with Gasteiger partial charge in [0.1, 0.15) is 23.8 Å². The number of benzene rings is 1. The molecule has 1 amide bonds. The van der Waals surface area contributed by atoms with Gasteiger partial charge >= 0.3 is 5.97 Å². The predicted octanol–water partition coefficient (Wildman–Crippen LogP) is 1.04. The van der Waals surface area contributed by atoms with E-state index in [4.69, 9.17) is 14.6 Å². The second-order valence-electron chi connectivity index (χ2n) is 3.66. The summed E-state index contributed by atoms with van der Waals surface area (Å²) in [5.74, 6) is -0.563. The number of rotatable bonds is 4. The van der Waals surface area contributed by atoms with Gasteiger partial charge in [0.05, 0.1) is 5.57 Å². The molecule has 18 heavy (non-hydrogen) atoms. The van der Waals surface area contributed by atoms with Gasteiger partial charge in [0.15, 0.2) is 6.61 Å². The number of para-hydroxylation sites is 1. The van der Waals surface area contributed by atoms with Gasteiger partial charge in [-0.1, -0.05) is 12.6 Å². The minimum Gasteiger partial charge on any atom is -0.486 e. The van der Waals surface area contributed by atoms with Crippen LogP contribution in [0.1, 0.15) is 0 Å². The van der Waals surface area contributed by atoms with Gasteiger partial charge in [-0.15, -0.1) is 0 Å². The molecule has 0 radical (unpaired) electrons. The van der Waals surface area contributed by atoms with Crippen molar-refractivity contribution in [2.75, 3.05) is 18.5 Å². The van der Waals surface area contributed by atoms with Crippen molar-refractivity contribution in [3.05, 3.63) is 30.4 Å². The second kappa shape index (κ2) is 4.79. The number of hydrogen-bond acceptors (Lipinski definition) is 4. The van der Waals surface area contributed by atoms with Crippen LogP contribution in [0.2, 0.25) is 0 Å². The Balaban J connectivity index is 2.16. The Morgan fingerprint density at radius 1 is 1.56 bits per heavy atom. The summed E-state index contributed by atoms with van der Waals surface area (Å²) in [6.07, 6.45) is 0. The molecule has 0 fully saturated rings. The summed E-state index contributed by atoms with van der Waals surface area (Å²) in [6, 6.07) is 4.99. The van der Waals surface area contributed by atoms with Crippen molar-refractivity contribution in [2.24, 2.45) is 0 Å². The van der Waals surface area contributed by atoms with Crippen LogP contribution in [0.25, 0.3) is 0 Å². The zero-order chi connectivity index (χ0) is 13.1. The number of hydrogen-bond donors (Lipinski definition) is 2. The number of carboxylic acids is 1. The highest BCUT2D eigenvalue weighted by Crippen LogP contribution is 2.36. The zero-order valence-electron chi connectivity index (χ0n) is 9.43. The fourth-order valence-corrected chi connectivity index (χ4v) is 1.42. The van der Waals surface area contributed by atoms with Gasteiger partial charge in [-0.05, 0) is 12.1 Å². The van der Waals surface area contributed by atoms with Crippen LogP contribution >= 0.6 is 0 Å². The maximum absolute atomic E-state index is 11.2. The van der Waals surface area contributed by atoms with Gasteiger partial charge in [0.2, 0.25) is 0 Å². The third-order valence-corrected chi connectivity index (χ3v) is 2.32. The zero-order valence-corrected chi connectivity index (χ0v) is 9.43. The van der Waals surface area contributed by atoms with Crippen molar-refractivity contribution < 1.29 is 24.2 Å². The molecule has 1 aliphatic rings. The number of anilines is 1. The standard InChI is InChI=1S/C12H11NO5/c1-7(12(15)16)5-17-8-3-2-4-9-11(8)13-10(14)6-18-9/h2-4H,1,5-6H2,(H,13,14)(H,15,16). The number of carboxylic acid groups (broad SMARTS) is 1. The van der Waals surface area contributed by atoms with E-state index in [-0.39, 0.29) is 24.7 Å². The Kier molecular flexibility index (Phi) is 3.18. The van der Waals surface area contributed by atoms with Gasteiger partial charge < -0.3 is 19.9 Å². The molecule has 2 rings (SSSR count). The Morgan fingerprint density at radius 2 is 2.33 bits per heavy atom. The fraction of sp³-hybridized carbons (Fsp3) is 0.167. The van der Waals surface area contributed by atoms with E-state index in [9.17, 15) is 9.59 Å². The summed E-state index contributed by atoms with van der Waals surface area (Å²) in [5, 5.41) is 11.3. The van der Waals surface area contributed by atoms with Crippen LogP contribution in [-0.2, 0) is 9.59 Å². The summed E-state index contributed by atoms with van der Waals surface area (Å²) >= 11 is 0. The highest BCUT2D eigenvalue weighted by Gasteiger charge is 2.20. The molecule has 0 bridgehead atoms. The first kappa shape index (κ1) is 12.0. The number of amides is 1. The lowest BCUT2D eigenvalue weighted by Crippen LogP contribution is -2.26. The van der Waals surface area contributed by atoms with Crippen LogP contribution < -0.4 is 14.8 Å². The van der Waals surface area contributed by atoms with E-state index in [1.807, 2.05) is 0 Å². The SMILES string of the molecule is C=C(COc1cccc2c1NC(=O)CO2)C(=O)O. The first-order valence-electron chi connectivity index (χ1n) is 5.17. The first-order chi connectivity index (χ1) is 8.58. The van der Waals surface area contributed by atoms with E-state index in [0.717, 1.165) is 0 Å². The fourth-order valence-electron chi connectivity index (χ4n) is 1.42. The Morgan fingerprint density at radius 3 is 3.06 bits per heavy atom. The number of ether oxygens (including phenoxy) is 2. The largest absolute Gasteiger partial charge is 0.486 e. The second-order valence-corrected chi connectivity index (χ2v) is 3.66. The molecule has 0 aliphatic carbocycles. The normalized spacial score (nSPS) is 13.0. The predicted molar refractivity (Wildman–Crippen MR) is 62.8 cm³/mol. The molecule has 0 spiro atoms. The lowest BCUT2D eigenvalue weighted by molar-refractivity contribution is -0.133. The summed E-state index contributed by atoms with van der Waals surface area (Å²) < 4.78 is 10.5. The van der Waals surface area contributed by atoms with Gasteiger partial charge in [0, 0.05) is 0 Å². The molecule has 1 aromatic rings. The quantitative estimate of drug-likeness (QED) is 0.779. The van der Waals surface area contributed by atoms with Gasteiger partial charge in [-0.2, -0.15) is 0 Å². The van der Waals surface area contributed by atoms with Gasteiger partial charge in [-0.3, -0.25) is 4.79 Å². The summed E-state index contributed by atoms with van der Waals surface area (Å²) in [5.41, 5.74) is 0.336. The van der Waals surface area contributed by atoms with Gasteiger partial charge in [0.25, 0.3) is 5.91 Å². The highest BCUT2D eigenvalue weighted by atomic mass is 16.5. The summed E-state index contributed by atoms with van der Waals surface area (Å²) in [7, 11) is 0. The molecule has 0 saturated heterocycles. The van der Waals surface area contributed by atoms with Crippen LogP contribution in [0, 0.1) is 0 Å². The van der Waals surface area contributed by atoms with Crippen molar-refractivity contribution in [2.45, 2.75) is 0 Å². The van der Waals surface area contributed by atoms with Crippen molar-refractivity contribution in [3.8, 4) is 11.5 Å². The van der Waals surface area contributed by atoms with Crippen LogP contribution in [0.5, 0.6) is 11.5 Å². The maximum atomic E-state index is 11.2. The number of aliphatic carboxylic acids is 1. The lowest BCUT2D eigenvalue weighted by Gasteiger charge is -2.20. The molecule has 6 heteroatoms. The minimum absolute atomic E-state index is 0.0434. The molecule has 1 aromatic carbocycles. The number of carbonyl (C=O) groups is 2. The van der Waals surface area contributed by atoms with Crippen molar-refractivity contribution in [3.63, 3.8) is 0 Å². The van der Waals surface area contributed by atoms with Crippen molar-refractivity contribution >= 4 is 17.6 Å². The molecule has 1 aliphatic heterocycles. The minimum atomic E-state index is -1.12. The van der Waals surface area contributed by atoms with Crippen LogP contribution in [0.4, 0.5) is 5.69 Å². The highest BCUT2D eigenvalue weighted by molar-refractivity contribution is 5.97. The molecule has 94 valence electrons. The van der Waals surface area contributed by atoms with E-state index in [1.165, 1.54) is 0 Å². The monoisotopic (exact) mass is 249 g/mol. The maximum Gasteiger partial charge on any atom is 0.334 e. The lowest BCUT2D eigenvalue weighted by atomic mass is 10.2. The number of nitrogens with one attached hydrogen (secondary N) is 1. The molecular formula is C12H11NO5. The van der Waals surface area contributed by atoms with Gasteiger partial charge in [-0.25, -0.2) is 4.79 Å². The van der Waals surface area contributed by atoms with E-state index < -0.39 is 5.97 Å². The number of carbonyl (C=O) groups excluding carboxylic acids is 1. The van der Waals surface area contributed by atoms with Crippen molar-refractivity contribution in [1.82, 2.24) is 0 Å². The molecule has 0 saturated carbocycles. The van der Waals surface area contributed by atoms with E-state index in [2.05, 4.69) is 11.9 Å². The molecule has 6 nitrogen and oxygen atoms in total. The van der Waals surface area contributed by atoms with Crippen LogP contribution in [0.15, 0.2) is 30.4 Å². The third kappa shape index (κ3) is 2.42. The first-order valence-corrected chi connectivity index (χ1v) is 5.17. The molecule has 2 N–H and O–H groups in total. The Bertz CT molecular complexity index is 523. The molecular weight excluding hydrogens is 238 g/mol. The number of fused-ring (bicyclic) bond motifs is 1. The summed E-state index contributed by atoms with van der Waals surface area (Å²) in [4.78, 5) is 21.8. The van der Waals surface area contributed by atoms with Crippen LogP contribution in [0.3, 0.4) is 0 Å². The Hall–Kier alpha value is -2.50. The average Bonchev–Trinajstić information content (AvgIpc) is 2.35. The Labute approximate surface area is 103 Å². The van der Waals surface area contributed by atoms with Crippen LogP contribution in [-0.4, -0.2) is 30.2 Å². The molecule has 0 atom stereocenters. The van der Waals surface area contributed by atoms with Crippen molar-refractivity contribution in [1.29, 1.82) is 0 Å². The summed E-state index contributed by atoms with van der Waals surface area (Å²) in [6.45, 7) is 3.14. The molecule has 0 aromatic heterocycles. The smallest absolute Gasteiger partial charge is 0.334 e. The van der Waals surface area contributed by atoms with E-state index in [0.29, 0.717) is 17.2 Å². The molecule has 1 heterocycles. The average molecular weight is 249 g/mol.